The lowest BCUT2D eigenvalue weighted by Crippen LogP contribution is -2.33. The summed E-state index contributed by atoms with van der Waals surface area (Å²) < 4.78 is 51.1. The number of carbonyl (C=O) groups is 1. The Morgan fingerprint density at radius 2 is 1.87 bits per heavy atom. The number of carbonyl (C=O) groups excluding carboxylic acids is 1. The second-order valence-electron chi connectivity index (χ2n) is 9.48. The first kappa shape index (κ1) is 26.2. The van der Waals surface area contributed by atoms with Gasteiger partial charge < -0.3 is 24.3 Å². The number of hydrogen-bond acceptors (Lipinski definition) is 9. The predicted octanol–water partition coefficient (Wildman–Crippen LogP) is 5.60. The maximum absolute atomic E-state index is 13.6. The first-order valence-electron chi connectivity index (χ1n) is 12.3. The third-order valence-electron chi connectivity index (χ3n) is 6.38. The zero-order valence-corrected chi connectivity index (χ0v) is 21.1. The summed E-state index contributed by atoms with van der Waals surface area (Å²) in [6, 6.07) is 8.83. The van der Waals surface area contributed by atoms with Crippen LogP contribution in [0.5, 0.6) is 5.75 Å². The van der Waals surface area contributed by atoms with Crippen LogP contribution in [-0.4, -0.2) is 44.2 Å². The van der Waals surface area contributed by atoms with E-state index in [1.54, 1.807) is 12.1 Å². The Morgan fingerprint density at radius 1 is 1.13 bits per heavy atom. The zero-order valence-electron chi connectivity index (χ0n) is 21.1. The van der Waals surface area contributed by atoms with Crippen molar-refractivity contribution in [1.29, 1.82) is 0 Å². The smallest absolute Gasteiger partial charge is 0.452 e. The maximum Gasteiger partial charge on any atom is 0.452 e. The number of phenolic OH excluding ortho intramolecular Hbond substituents is 1. The molecule has 0 atom stereocenters. The maximum atomic E-state index is 13.6. The minimum absolute atomic E-state index is 0.0729. The van der Waals surface area contributed by atoms with Crippen LogP contribution in [0.25, 0.3) is 11.5 Å². The van der Waals surface area contributed by atoms with Crippen LogP contribution in [0.2, 0.25) is 0 Å². The third kappa shape index (κ3) is 5.56. The van der Waals surface area contributed by atoms with E-state index >= 15 is 0 Å². The Bertz CT molecular complexity index is 1460. The molecule has 3 aromatic heterocycles. The lowest BCUT2D eigenvalue weighted by atomic mass is 9.96. The van der Waals surface area contributed by atoms with E-state index < -0.39 is 29.4 Å². The van der Waals surface area contributed by atoms with Gasteiger partial charge in [-0.25, -0.2) is 9.97 Å². The molecule has 39 heavy (non-hydrogen) atoms. The van der Waals surface area contributed by atoms with Gasteiger partial charge in [-0.15, -0.1) is 0 Å². The highest BCUT2D eigenvalue weighted by atomic mass is 19.4. The van der Waals surface area contributed by atoms with Gasteiger partial charge in [0.25, 0.3) is 5.91 Å². The molecule has 1 fully saturated rings. The highest BCUT2D eigenvalue weighted by Crippen LogP contribution is 2.37. The number of halogens is 3. The first-order chi connectivity index (χ1) is 18.6. The van der Waals surface area contributed by atoms with E-state index in [1.807, 2.05) is 13.8 Å². The number of nitrogens with one attached hydrogen (secondary N) is 1. The number of aromatic nitrogens is 4. The molecule has 10 nitrogen and oxygen atoms in total. The van der Waals surface area contributed by atoms with Crippen LogP contribution in [-0.2, 0) is 6.18 Å². The molecule has 4 heterocycles. The van der Waals surface area contributed by atoms with Crippen LogP contribution in [0.4, 0.5) is 24.7 Å². The molecule has 0 saturated carbocycles. The van der Waals surface area contributed by atoms with Crippen LogP contribution < -0.4 is 10.2 Å². The van der Waals surface area contributed by atoms with Gasteiger partial charge in [0.05, 0.1) is 17.4 Å². The van der Waals surface area contributed by atoms with Crippen LogP contribution in [0.1, 0.15) is 66.5 Å². The predicted molar refractivity (Wildman–Crippen MR) is 133 cm³/mol. The highest BCUT2D eigenvalue weighted by Gasteiger charge is 2.42. The standard InChI is InChI=1S/C26H25F3N6O4/c1-14(2)22-33-24(39-34-22)15-9-11-35(12-10-15)19-8-7-16(13-30-19)31-23(37)20-21(26(27,28)29)38-25(32-20)17-5-3-4-6-18(17)36/h3-8,13-15,36H,9-12H2,1-2H3,(H,31,37). The lowest BCUT2D eigenvalue weighted by molar-refractivity contribution is -0.153. The van der Waals surface area contributed by atoms with Crippen LogP contribution in [0.3, 0.4) is 0 Å². The van der Waals surface area contributed by atoms with Gasteiger partial charge >= 0.3 is 6.18 Å². The molecule has 1 aliphatic heterocycles. The number of piperidine rings is 1. The average Bonchev–Trinajstić information content (AvgIpc) is 3.58. The molecule has 204 valence electrons. The van der Waals surface area contributed by atoms with Crippen molar-refractivity contribution in [2.24, 2.45) is 0 Å². The molecule has 1 aliphatic rings. The summed E-state index contributed by atoms with van der Waals surface area (Å²) >= 11 is 0. The number of benzene rings is 1. The largest absolute Gasteiger partial charge is 0.507 e. The van der Waals surface area contributed by atoms with E-state index in [2.05, 4.69) is 30.3 Å². The molecule has 5 rings (SSSR count). The fourth-order valence-electron chi connectivity index (χ4n) is 4.28. The fraction of sp³-hybridized carbons (Fsp3) is 0.346. The fourth-order valence-corrected chi connectivity index (χ4v) is 4.28. The lowest BCUT2D eigenvalue weighted by Gasteiger charge is -2.31. The molecule has 0 bridgehead atoms. The van der Waals surface area contributed by atoms with Crippen molar-refractivity contribution in [3.05, 3.63) is 65.8 Å². The number of hydrogen-bond donors (Lipinski definition) is 2. The van der Waals surface area contributed by atoms with Gasteiger partial charge in [0, 0.05) is 24.9 Å². The number of phenols is 1. The van der Waals surface area contributed by atoms with E-state index in [1.165, 1.54) is 30.5 Å². The normalized spacial score (nSPS) is 14.7. The minimum atomic E-state index is -4.98. The Labute approximate surface area is 220 Å². The summed E-state index contributed by atoms with van der Waals surface area (Å²) in [5, 5.41) is 16.4. The number of alkyl halides is 3. The zero-order chi connectivity index (χ0) is 27.7. The summed E-state index contributed by atoms with van der Waals surface area (Å²) in [4.78, 5) is 27.4. The average molecular weight is 543 g/mol. The van der Waals surface area contributed by atoms with Crippen molar-refractivity contribution in [3.8, 4) is 17.2 Å². The van der Waals surface area contributed by atoms with Gasteiger partial charge in [0.1, 0.15) is 11.6 Å². The van der Waals surface area contributed by atoms with Crippen molar-refractivity contribution in [1.82, 2.24) is 20.1 Å². The van der Waals surface area contributed by atoms with Gasteiger partial charge in [0.2, 0.25) is 17.5 Å². The number of oxazole rings is 1. The first-order valence-corrected chi connectivity index (χ1v) is 12.3. The molecule has 13 heteroatoms. The molecule has 0 aliphatic carbocycles. The quantitative estimate of drug-likeness (QED) is 0.319. The van der Waals surface area contributed by atoms with E-state index in [0.717, 1.165) is 12.8 Å². The van der Waals surface area contributed by atoms with Gasteiger partial charge in [-0.2, -0.15) is 18.2 Å². The number of aromatic hydroxyl groups is 1. The summed E-state index contributed by atoms with van der Waals surface area (Å²) in [6.45, 7) is 5.41. The van der Waals surface area contributed by atoms with E-state index in [4.69, 9.17) is 8.94 Å². The number of nitrogens with zero attached hydrogens (tertiary/aromatic N) is 5. The van der Waals surface area contributed by atoms with Crippen molar-refractivity contribution in [3.63, 3.8) is 0 Å². The third-order valence-corrected chi connectivity index (χ3v) is 6.38. The molecular weight excluding hydrogens is 517 g/mol. The van der Waals surface area contributed by atoms with E-state index in [0.29, 0.717) is 30.6 Å². The molecule has 4 aromatic rings. The number of para-hydroxylation sites is 1. The molecule has 0 spiro atoms. The van der Waals surface area contributed by atoms with E-state index in [-0.39, 0.29) is 28.8 Å². The van der Waals surface area contributed by atoms with Crippen LogP contribution in [0, 0.1) is 0 Å². The van der Waals surface area contributed by atoms with Crippen molar-refractivity contribution in [2.75, 3.05) is 23.3 Å². The summed E-state index contributed by atoms with van der Waals surface area (Å²) in [5.74, 6) is -1.20. The molecule has 0 radical (unpaired) electrons. The topological polar surface area (TPSA) is 130 Å². The molecular formula is C26H25F3N6O4. The number of pyridine rings is 1. The molecule has 1 aromatic carbocycles. The van der Waals surface area contributed by atoms with E-state index in [9.17, 15) is 23.1 Å². The Morgan fingerprint density at radius 3 is 2.49 bits per heavy atom. The molecule has 1 saturated heterocycles. The Balaban J connectivity index is 1.26. The number of amides is 1. The van der Waals surface area contributed by atoms with Crippen molar-refractivity contribution >= 4 is 17.4 Å². The monoisotopic (exact) mass is 542 g/mol. The van der Waals surface area contributed by atoms with Gasteiger partial charge in [0.15, 0.2) is 11.5 Å². The Hall–Kier alpha value is -4.42. The van der Waals surface area contributed by atoms with Crippen LogP contribution in [0.15, 0.2) is 51.5 Å². The number of rotatable bonds is 6. The summed E-state index contributed by atoms with van der Waals surface area (Å²) in [5.41, 5.74) is -0.837. The van der Waals surface area contributed by atoms with Gasteiger partial charge in [-0.05, 0) is 37.1 Å². The molecule has 2 N–H and O–H groups in total. The highest BCUT2D eigenvalue weighted by molar-refractivity contribution is 6.04. The summed E-state index contributed by atoms with van der Waals surface area (Å²) in [6.07, 6.45) is -2.02. The van der Waals surface area contributed by atoms with Gasteiger partial charge in [-0.1, -0.05) is 31.1 Å². The number of anilines is 2. The molecule has 1 amide bonds. The SMILES string of the molecule is CC(C)c1noc(C2CCN(c3ccc(NC(=O)c4nc(-c5ccccc5O)oc4C(F)(F)F)cn3)CC2)n1. The minimum Gasteiger partial charge on any atom is -0.507 e. The Kier molecular flexibility index (Phi) is 6.98. The summed E-state index contributed by atoms with van der Waals surface area (Å²) in [7, 11) is 0. The van der Waals surface area contributed by atoms with Gasteiger partial charge in [-0.3, -0.25) is 4.79 Å². The van der Waals surface area contributed by atoms with Crippen LogP contribution >= 0.6 is 0 Å². The molecule has 0 unspecified atom stereocenters. The second kappa shape index (κ2) is 10.4. The van der Waals surface area contributed by atoms with Crippen molar-refractivity contribution in [2.45, 2.75) is 44.7 Å². The second-order valence-corrected chi connectivity index (χ2v) is 9.48. The van der Waals surface area contributed by atoms with Crippen molar-refractivity contribution < 1.29 is 32.0 Å².